The van der Waals surface area contributed by atoms with E-state index in [0.29, 0.717) is 6.07 Å². The molecule has 0 saturated carbocycles. The minimum Gasteiger partial charge on any atom is -0.347 e. The van der Waals surface area contributed by atoms with E-state index in [4.69, 9.17) is 5.26 Å². The molecule has 0 radical (unpaired) electrons. The Bertz CT molecular complexity index is 421. The highest BCUT2D eigenvalue weighted by atomic mass is 79.9. The second-order valence-corrected chi connectivity index (χ2v) is 2.98. The molecule has 68 valence electrons. The predicted octanol–water partition coefficient (Wildman–Crippen LogP) is 1.95. The van der Waals surface area contributed by atoms with Crippen molar-refractivity contribution in [2.45, 2.75) is 6.43 Å². The number of rotatable bonds is 1. The molecule has 0 aromatic carbocycles. The summed E-state index contributed by atoms with van der Waals surface area (Å²) >= 11 is 2.82. The number of hydrogen-bond donors (Lipinski definition) is 1. The number of hydrogen-bond acceptors (Lipinski definition) is 2. The monoisotopic (exact) mass is 248 g/mol. The van der Waals surface area contributed by atoms with Crippen molar-refractivity contribution < 1.29 is 8.78 Å². The van der Waals surface area contributed by atoms with Crippen molar-refractivity contribution in [1.82, 2.24) is 4.98 Å². The fourth-order valence-corrected chi connectivity index (χ4v) is 1.28. The molecule has 0 amide bonds. The van der Waals surface area contributed by atoms with Gasteiger partial charge in [0.1, 0.15) is 16.2 Å². The molecule has 0 aliphatic heterocycles. The third kappa shape index (κ3) is 1.92. The minimum atomic E-state index is -2.75. The summed E-state index contributed by atoms with van der Waals surface area (Å²) in [7, 11) is 0. The van der Waals surface area contributed by atoms with Gasteiger partial charge in [-0.25, -0.2) is 8.78 Å². The van der Waals surface area contributed by atoms with E-state index in [1.54, 1.807) is 6.07 Å². The lowest BCUT2D eigenvalue weighted by atomic mass is 10.2. The SMILES string of the molecule is N#Cc1c(Br)[nH]c(C(F)F)cc1=O. The first-order valence-electron chi connectivity index (χ1n) is 3.17. The molecule has 0 atom stereocenters. The topological polar surface area (TPSA) is 56.6 Å². The lowest BCUT2D eigenvalue weighted by Gasteiger charge is -2.00. The molecular weight excluding hydrogens is 246 g/mol. The molecule has 0 aliphatic carbocycles. The van der Waals surface area contributed by atoms with Crippen molar-refractivity contribution >= 4 is 15.9 Å². The Morgan fingerprint density at radius 1 is 1.62 bits per heavy atom. The summed E-state index contributed by atoms with van der Waals surface area (Å²) in [4.78, 5) is 13.2. The van der Waals surface area contributed by atoms with Crippen LogP contribution in [0.4, 0.5) is 8.78 Å². The van der Waals surface area contributed by atoms with E-state index in [1.807, 2.05) is 0 Å². The van der Waals surface area contributed by atoms with Crippen molar-refractivity contribution in [3.8, 4) is 6.07 Å². The predicted molar refractivity (Wildman–Crippen MR) is 44.4 cm³/mol. The summed E-state index contributed by atoms with van der Waals surface area (Å²) in [6.07, 6.45) is -2.75. The number of nitrogens with zero attached hydrogens (tertiary/aromatic N) is 1. The highest BCUT2D eigenvalue weighted by Gasteiger charge is 2.12. The second-order valence-electron chi connectivity index (χ2n) is 2.19. The van der Waals surface area contributed by atoms with Crippen LogP contribution in [-0.2, 0) is 0 Å². The van der Waals surface area contributed by atoms with Gasteiger partial charge in [-0.15, -0.1) is 0 Å². The van der Waals surface area contributed by atoms with Gasteiger partial charge in [-0.05, 0) is 15.9 Å². The first kappa shape index (κ1) is 9.86. The molecule has 0 aliphatic rings. The molecule has 1 aromatic rings. The Balaban J connectivity index is 3.40. The number of aromatic nitrogens is 1. The molecule has 0 spiro atoms. The summed E-state index contributed by atoms with van der Waals surface area (Å²) in [6.45, 7) is 0. The van der Waals surface area contributed by atoms with Crippen molar-refractivity contribution in [1.29, 1.82) is 5.26 Å². The molecule has 0 saturated heterocycles. The van der Waals surface area contributed by atoms with E-state index in [2.05, 4.69) is 20.9 Å². The van der Waals surface area contributed by atoms with Gasteiger partial charge in [0.2, 0.25) is 5.43 Å². The van der Waals surface area contributed by atoms with Crippen molar-refractivity contribution in [3.63, 3.8) is 0 Å². The fourth-order valence-electron chi connectivity index (χ4n) is 0.769. The number of nitrogens with one attached hydrogen (secondary N) is 1. The molecule has 6 heteroatoms. The zero-order valence-corrected chi connectivity index (χ0v) is 7.73. The highest BCUT2D eigenvalue weighted by Crippen LogP contribution is 2.18. The Labute approximate surface area is 80.1 Å². The normalized spacial score (nSPS) is 10.1. The molecular formula is C7H3BrF2N2O. The van der Waals surface area contributed by atoms with Gasteiger partial charge in [0, 0.05) is 6.07 Å². The number of H-pyrrole nitrogens is 1. The van der Waals surface area contributed by atoms with Crippen molar-refractivity contribution in [2.24, 2.45) is 0 Å². The Morgan fingerprint density at radius 2 is 2.23 bits per heavy atom. The maximum absolute atomic E-state index is 12.1. The summed E-state index contributed by atoms with van der Waals surface area (Å²) < 4.78 is 24.2. The zero-order chi connectivity index (χ0) is 10.0. The maximum Gasteiger partial charge on any atom is 0.278 e. The molecule has 1 heterocycles. The van der Waals surface area contributed by atoms with Gasteiger partial charge in [0.15, 0.2) is 0 Å². The third-order valence-corrected chi connectivity index (χ3v) is 1.95. The van der Waals surface area contributed by atoms with E-state index < -0.39 is 17.5 Å². The number of pyridine rings is 1. The average Bonchev–Trinajstić information content (AvgIpc) is 2.03. The molecule has 1 aromatic heterocycles. The van der Waals surface area contributed by atoms with Gasteiger partial charge in [-0.3, -0.25) is 4.79 Å². The largest absolute Gasteiger partial charge is 0.347 e. The molecule has 3 nitrogen and oxygen atoms in total. The minimum absolute atomic E-state index is 0.0159. The van der Waals surface area contributed by atoms with E-state index in [0.717, 1.165) is 0 Å². The van der Waals surface area contributed by atoms with Gasteiger partial charge in [0.05, 0.1) is 5.69 Å². The van der Waals surface area contributed by atoms with Gasteiger partial charge in [-0.1, -0.05) is 0 Å². The van der Waals surface area contributed by atoms with Crippen LogP contribution in [0.25, 0.3) is 0 Å². The van der Waals surface area contributed by atoms with E-state index in [1.165, 1.54) is 0 Å². The molecule has 0 fully saturated rings. The van der Waals surface area contributed by atoms with Crippen LogP contribution in [0.15, 0.2) is 15.5 Å². The van der Waals surface area contributed by atoms with Crippen LogP contribution in [0.5, 0.6) is 0 Å². The number of nitriles is 1. The molecule has 1 rings (SSSR count). The first-order valence-corrected chi connectivity index (χ1v) is 3.96. The van der Waals surface area contributed by atoms with Crippen molar-refractivity contribution in [2.75, 3.05) is 0 Å². The molecule has 0 unspecified atom stereocenters. The number of alkyl halides is 2. The van der Waals surface area contributed by atoms with Crippen LogP contribution >= 0.6 is 15.9 Å². The zero-order valence-electron chi connectivity index (χ0n) is 6.14. The third-order valence-electron chi connectivity index (χ3n) is 1.35. The van der Waals surface area contributed by atoms with E-state index in [9.17, 15) is 13.6 Å². The first-order chi connectivity index (χ1) is 6.06. The molecule has 0 bridgehead atoms. The Morgan fingerprint density at radius 3 is 2.62 bits per heavy atom. The number of aromatic amines is 1. The second kappa shape index (κ2) is 3.66. The van der Waals surface area contributed by atoms with Crippen LogP contribution in [0.2, 0.25) is 0 Å². The number of halogens is 3. The lowest BCUT2D eigenvalue weighted by molar-refractivity contribution is 0.145. The summed E-state index contributed by atoms with van der Waals surface area (Å²) in [6, 6.07) is 2.31. The maximum atomic E-state index is 12.1. The van der Waals surface area contributed by atoms with Crippen LogP contribution in [-0.4, -0.2) is 4.98 Å². The quantitative estimate of drug-likeness (QED) is 0.773. The standard InChI is InChI=1S/C7H3BrF2N2O/c8-6-3(2-11)5(13)1-4(12-6)7(9)10/h1,7H,(H,12,13). The van der Waals surface area contributed by atoms with Crippen LogP contribution in [0.3, 0.4) is 0 Å². The molecule has 13 heavy (non-hydrogen) atoms. The van der Waals surface area contributed by atoms with Gasteiger partial charge in [0.25, 0.3) is 6.43 Å². The summed E-state index contributed by atoms with van der Waals surface area (Å²) in [5.74, 6) is 0. The fraction of sp³-hybridized carbons (Fsp3) is 0.143. The smallest absolute Gasteiger partial charge is 0.278 e. The van der Waals surface area contributed by atoms with E-state index >= 15 is 0 Å². The van der Waals surface area contributed by atoms with Crippen molar-refractivity contribution in [3.05, 3.63) is 32.2 Å². The van der Waals surface area contributed by atoms with Crippen LogP contribution in [0.1, 0.15) is 17.7 Å². The Kier molecular flexibility index (Phi) is 2.78. The summed E-state index contributed by atoms with van der Waals surface area (Å²) in [5.41, 5.74) is -1.43. The Hall–Kier alpha value is -1.22. The summed E-state index contributed by atoms with van der Waals surface area (Å²) in [5, 5.41) is 8.44. The average molecular weight is 249 g/mol. The highest BCUT2D eigenvalue weighted by molar-refractivity contribution is 9.10. The van der Waals surface area contributed by atoms with Crippen LogP contribution in [0, 0.1) is 11.3 Å². The van der Waals surface area contributed by atoms with E-state index in [-0.39, 0.29) is 10.2 Å². The van der Waals surface area contributed by atoms with Crippen LogP contribution < -0.4 is 5.43 Å². The van der Waals surface area contributed by atoms with Gasteiger partial charge < -0.3 is 4.98 Å². The van der Waals surface area contributed by atoms with Gasteiger partial charge in [-0.2, -0.15) is 5.26 Å². The van der Waals surface area contributed by atoms with Gasteiger partial charge >= 0.3 is 0 Å². The molecule has 1 N–H and O–H groups in total. The lowest BCUT2D eigenvalue weighted by Crippen LogP contribution is -2.09.